The maximum Gasteiger partial charge on any atom is 0.00966 e. The third kappa shape index (κ3) is 4.40. The van der Waals surface area contributed by atoms with Crippen molar-refractivity contribution in [2.24, 2.45) is 11.8 Å². The Hall–Kier alpha value is -0.340. The molecule has 1 saturated carbocycles. The lowest BCUT2D eigenvalue weighted by Crippen LogP contribution is -2.39. The van der Waals surface area contributed by atoms with Gasteiger partial charge in [0.05, 0.1) is 0 Å². The van der Waals surface area contributed by atoms with Gasteiger partial charge >= 0.3 is 0 Å². The Balaban J connectivity index is 1.76. The topological polar surface area (TPSA) is 12.0 Å². The van der Waals surface area contributed by atoms with Gasteiger partial charge in [-0.1, -0.05) is 12.8 Å². The van der Waals surface area contributed by atoms with Gasteiger partial charge in [0.2, 0.25) is 0 Å². The van der Waals surface area contributed by atoms with Gasteiger partial charge in [0, 0.05) is 5.54 Å². The summed E-state index contributed by atoms with van der Waals surface area (Å²) in [5, 5.41) is 8.19. The fraction of sp³-hybridized carbons (Fsp3) is 0.750. The lowest BCUT2D eigenvalue weighted by Gasteiger charge is -2.26. The molecule has 0 bridgehead atoms. The van der Waals surface area contributed by atoms with Crippen LogP contribution >= 0.6 is 11.3 Å². The average Bonchev–Trinajstić information content (AvgIpc) is 2.94. The molecule has 1 aliphatic rings. The van der Waals surface area contributed by atoms with Crippen LogP contribution in [-0.2, 0) is 6.42 Å². The summed E-state index contributed by atoms with van der Waals surface area (Å²) in [6, 6.07) is 2.28. The molecule has 2 atom stereocenters. The van der Waals surface area contributed by atoms with E-state index in [2.05, 4.69) is 42.9 Å². The smallest absolute Gasteiger partial charge is 0.00966 e. The van der Waals surface area contributed by atoms with Crippen LogP contribution in [0, 0.1) is 11.8 Å². The summed E-state index contributed by atoms with van der Waals surface area (Å²) in [6.45, 7) is 8.00. The summed E-state index contributed by atoms with van der Waals surface area (Å²) >= 11 is 1.82. The Kier molecular flexibility index (Phi) is 4.85. The minimum absolute atomic E-state index is 0.264. The van der Waals surface area contributed by atoms with Crippen LogP contribution in [0.1, 0.15) is 52.0 Å². The molecule has 2 rings (SSSR count). The Morgan fingerprint density at radius 2 is 2.06 bits per heavy atom. The molecule has 0 spiro atoms. The molecule has 0 amide bonds. The third-order valence-electron chi connectivity index (χ3n) is 4.09. The van der Waals surface area contributed by atoms with E-state index < -0.39 is 0 Å². The minimum atomic E-state index is 0.264. The van der Waals surface area contributed by atoms with Crippen LogP contribution < -0.4 is 5.32 Å². The van der Waals surface area contributed by atoms with Crippen LogP contribution in [-0.4, -0.2) is 12.1 Å². The van der Waals surface area contributed by atoms with Crippen LogP contribution in [0.25, 0.3) is 0 Å². The van der Waals surface area contributed by atoms with Gasteiger partial charge in [0.25, 0.3) is 0 Å². The van der Waals surface area contributed by atoms with E-state index in [-0.39, 0.29) is 5.54 Å². The second-order valence-electron chi connectivity index (χ2n) is 6.75. The second-order valence-corrected chi connectivity index (χ2v) is 7.53. The molecule has 1 nitrogen and oxygen atoms in total. The summed E-state index contributed by atoms with van der Waals surface area (Å²) in [7, 11) is 0. The number of aryl methyl sites for hydroxylation is 1. The maximum atomic E-state index is 3.69. The van der Waals surface area contributed by atoms with Crippen molar-refractivity contribution < 1.29 is 0 Å². The molecule has 0 radical (unpaired) electrons. The second kappa shape index (κ2) is 6.21. The SMILES string of the molecule is CC(C)(C)NCC1CCCC1CCc1ccsc1. The minimum Gasteiger partial charge on any atom is -0.312 e. The standard InChI is InChI=1S/C16H27NS/c1-16(2,3)17-11-15-6-4-5-14(15)8-7-13-9-10-18-12-13/h9-10,12,14-15,17H,4-8,11H2,1-3H3. The normalized spacial score (nSPS) is 24.6. The van der Waals surface area contributed by atoms with Crippen molar-refractivity contribution >= 4 is 11.3 Å². The van der Waals surface area contributed by atoms with Gasteiger partial charge < -0.3 is 5.32 Å². The van der Waals surface area contributed by atoms with Crippen LogP contribution in [0.5, 0.6) is 0 Å². The molecule has 102 valence electrons. The Bertz CT molecular complexity index is 336. The number of thiophene rings is 1. The number of nitrogens with one attached hydrogen (secondary N) is 1. The molecule has 0 aromatic carbocycles. The van der Waals surface area contributed by atoms with Crippen molar-refractivity contribution in [1.82, 2.24) is 5.32 Å². The molecule has 18 heavy (non-hydrogen) atoms. The van der Waals surface area contributed by atoms with Gasteiger partial charge in [-0.15, -0.1) is 0 Å². The zero-order valence-corrected chi connectivity index (χ0v) is 12.9. The van der Waals surface area contributed by atoms with Gasteiger partial charge in [-0.2, -0.15) is 11.3 Å². The Morgan fingerprint density at radius 1 is 1.28 bits per heavy atom. The lowest BCUT2D eigenvalue weighted by molar-refractivity contribution is 0.307. The molecular weight excluding hydrogens is 238 g/mol. The Morgan fingerprint density at radius 3 is 2.72 bits per heavy atom. The van der Waals surface area contributed by atoms with Crippen molar-refractivity contribution in [1.29, 1.82) is 0 Å². The van der Waals surface area contributed by atoms with Crippen LogP contribution in [0.4, 0.5) is 0 Å². The summed E-state index contributed by atoms with van der Waals surface area (Å²) in [5.74, 6) is 1.85. The molecule has 1 aromatic heterocycles. The first-order valence-electron chi connectivity index (χ1n) is 7.31. The average molecular weight is 265 g/mol. The molecule has 1 N–H and O–H groups in total. The fourth-order valence-electron chi connectivity index (χ4n) is 2.99. The highest BCUT2D eigenvalue weighted by Crippen LogP contribution is 2.35. The predicted molar refractivity (Wildman–Crippen MR) is 81.2 cm³/mol. The van der Waals surface area contributed by atoms with E-state index in [1.807, 2.05) is 11.3 Å². The summed E-state index contributed by atoms with van der Waals surface area (Å²) in [4.78, 5) is 0. The number of hydrogen-bond donors (Lipinski definition) is 1. The van der Waals surface area contributed by atoms with E-state index in [4.69, 9.17) is 0 Å². The highest BCUT2D eigenvalue weighted by atomic mass is 32.1. The van der Waals surface area contributed by atoms with Crippen molar-refractivity contribution in [2.45, 2.75) is 58.4 Å². The summed E-state index contributed by atoms with van der Waals surface area (Å²) in [6.07, 6.45) is 6.97. The highest BCUT2D eigenvalue weighted by Gasteiger charge is 2.27. The van der Waals surface area contributed by atoms with Crippen molar-refractivity contribution in [3.05, 3.63) is 22.4 Å². The highest BCUT2D eigenvalue weighted by molar-refractivity contribution is 7.07. The fourth-order valence-corrected chi connectivity index (χ4v) is 3.69. The van der Waals surface area contributed by atoms with Crippen molar-refractivity contribution in [3.8, 4) is 0 Å². The molecule has 0 saturated heterocycles. The van der Waals surface area contributed by atoms with E-state index >= 15 is 0 Å². The molecule has 1 aromatic rings. The van der Waals surface area contributed by atoms with E-state index in [0.29, 0.717) is 0 Å². The van der Waals surface area contributed by atoms with E-state index in [9.17, 15) is 0 Å². The quantitative estimate of drug-likeness (QED) is 0.827. The Labute approximate surface area is 116 Å². The zero-order valence-electron chi connectivity index (χ0n) is 12.0. The van der Waals surface area contributed by atoms with Crippen molar-refractivity contribution in [3.63, 3.8) is 0 Å². The van der Waals surface area contributed by atoms with E-state index in [0.717, 1.165) is 11.8 Å². The molecule has 2 unspecified atom stereocenters. The first-order valence-corrected chi connectivity index (χ1v) is 8.25. The summed E-state index contributed by atoms with van der Waals surface area (Å²) < 4.78 is 0. The molecule has 2 heteroatoms. The molecule has 1 aliphatic carbocycles. The van der Waals surface area contributed by atoms with E-state index in [1.54, 1.807) is 0 Å². The molecule has 1 fully saturated rings. The van der Waals surface area contributed by atoms with Crippen LogP contribution in [0.2, 0.25) is 0 Å². The predicted octanol–water partition coefficient (Wildman–Crippen LogP) is 4.49. The number of hydrogen-bond acceptors (Lipinski definition) is 2. The molecular formula is C16H27NS. The van der Waals surface area contributed by atoms with E-state index in [1.165, 1.54) is 44.2 Å². The first kappa shape index (κ1) is 14.1. The number of rotatable bonds is 5. The van der Waals surface area contributed by atoms with Gasteiger partial charge in [-0.25, -0.2) is 0 Å². The molecule has 1 heterocycles. The van der Waals surface area contributed by atoms with Gasteiger partial charge in [0.15, 0.2) is 0 Å². The van der Waals surface area contributed by atoms with Gasteiger partial charge in [-0.3, -0.25) is 0 Å². The van der Waals surface area contributed by atoms with Gasteiger partial charge in [0.1, 0.15) is 0 Å². The largest absolute Gasteiger partial charge is 0.312 e. The zero-order chi connectivity index (χ0) is 13.0. The lowest BCUT2D eigenvalue weighted by atomic mass is 9.90. The first-order chi connectivity index (χ1) is 8.54. The third-order valence-corrected chi connectivity index (χ3v) is 4.83. The monoisotopic (exact) mass is 265 g/mol. The van der Waals surface area contributed by atoms with Crippen LogP contribution in [0.15, 0.2) is 16.8 Å². The van der Waals surface area contributed by atoms with Crippen LogP contribution in [0.3, 0.4) is 0 Å². The maximum absolute atomic E-state index is 3.69. The molecule has 0 aliphatic heterocycles. The summed E-state index contributed by atoms with van der Waals surface area (Å²) in [5.41, 5.74) is 1.80. The van der Waals surface area contributed by atoms with Gasteiger partial charge in [-0.05, 0) is 80.8 Å². The van der Waals surface area contributed by atoms with Crippen molar-refractivity contribution in [2.75, 3.05) is 6.54 Å².